The Morgan fingerprint density at radius 2 is 1.63 bits per heavy atom. The zero-order chi connectivity index (χ0) is 19.4. The van der Waals surface area contributed by atoms with Crippen molar-refractivity contribution in [3.05, 3.63) is 96.1 Å². The lowest BCUT2D eigenvalue weighted by atomic mass is 9.98. The molecule has 3 aromatic carbocycles. The highest BCUT2D eigenvalue weighted by Gasteiger charge is 2.18. The number of hydrogen-bond donors (Lipinski definition) is 1. The first-order valence-electron chi connectivity index (χ1n) is 8.43. The molecule has 138 valence electrons. The monoisotopic (exact) mass is 379 g/mol. The second kappa shape index (κ2) is 7.68. The molecule has 0 amide bonds. The fraction of sp³-hybridized carbons (Fsp3) is 0.0909. The molecule has 0 atom stereocenters. The summed E-state index contributed by atoms with van der Waals surface area (Å²) in [4.78, 5) is 0.209. The number of hydrogen-bond acceptors (Lipinski definition) is 3. The second-order valence-corrected chi connectivity index (χ2v) is 7.86. The summed E-state index contributed by atoms with van der Waals surface area (Å²) in [5.74, 6) is 0.625. The summed E-state index contributed by atoms with van der Waals surface area (Å²) in [7, 11) is -2.15. The first-order chi connectivity index (χ1) is 12.9. The van der Waals surface area contributed by atoms with Crippen LogP contribution in [0.2, 0.25) is 0 Å². The van der Waals surface area contributed by atoms with Crippen molar-refractivity contribution in [2.75, 3.05) is 11.8 Å². The number of nitrogens with one attached hydrogen (secondary N) is 1. The topological polar surface area (TPSA) is 55.4 Å². The summed E-state index contributed by atoms with van der Waals surface area (Å²) < 4.78 is 33.6. The van der Waals surface area contributed by atoms with Gasteiger partial charge in [0.15, 0.2) is 0 Å². The van der Waals surface area contributed by atoms with Crippen LogP contribution in [0.5, 0.6) is 5.75 Å². The fourth-order valence-corrected chi connectivity index (χ4v) is 3.78. The molecule has 0 aromatic heterocycles. The average molecular weight is 379 g/mol. The Morgan fingerprint density at radius 1 is 0.963 bits per heavy atom. The number of benzene rings is 3. The number of anilines is 1. The van der Waals surface area contributed by atoms with Crippen LogP contribution in [0.3, 0.4) is 0 Å². The number of rotatable bonds is 6. The first-order valence-corrected chi connectivity index (χ1v) is 9.91. The van der Waals surface area contributed by atoms with Gasteiger partial charge in [-0.2, -0.15) is 0 Å². The third-order valence-electron chi connectivity index (χ3n) is 4.25. The van der Waals surface area contributed by atoms with Gasteiger partial charge in [-0.3, -0.25) is 4.72 Å². The molecular weight excluding hydrogens is 358 g/mol. The van der Waals surface area contributed by atoms with Crippen molar-refractivity contribution < 1.29 is 13.2 Å². The summed E-state index contributed by atoms with van der Waals surface area (Å²) in [6.45, 7) is 6.07. The lowest BCUT2D eigenvalue weighted by Crippen LogP contribution is -2.14. The van der Waals surface area contributed by atoms with Gasteiger partial charge in [-0.05, 0) is 48.4 Å². The quantitative estimate of drug-likeness (QED) is 0.665. The van der Waals surface area contributed by atoms with Gasteiger partial charge >= 0.3 is 0 Å². The van der Waals surface area contributed by atoms with E-state index in [1.165, 1.54) is 0 Å². The SMILES string of the molecule is C=C(c1ccccc1)c1cc(OC)ccc1NS(=O)(=O)c1ccc(C)cc1. The van der Waals surface area contributed by atoms with Crippen molar-refractivity contribution >= 4 is 21.3 Å². The maximum absolute atomic E-state index is 12.8. The van der Waals surface area contributed by atoms with Crippen LogP contribution in [-0.4, -0.2) is 15.5 Å². The van der Waals surface area contributed by atoms with Crippen molar-refractivity contribution in [3.63, 3.8) is 0 Å². The van der Waals surface area contributed by atoms with E-state index in [0.717, 1.165) is 11.1 Å². The molecule has 5 heteroatoms. The van der Waals surface area contributed by atoms with Crippen molar-refractivity contribution in [1.29, 1.82) is 0 Å². The van der Waals surface area contributed by atoms with E-state index in [1.807, 2.05) is 37.3 Å². The largest absolute Gasteiger partial charge is 0.497 e. The molecule has 0 aliphatic rings. The summed E-state index contributed by atoms with van der Waals surface area (Å²) in [5, 5.41) is 0. The van der Waals surface area contributed by atoms with Crippen molar-refractivity contribution in [2.45, 2.75) is 11.8 Å². The molecule has 0 spiro atoms. The van der Waals surface area contributed by atoms with Crippen molar-refractivity contribution in [3.8, 4) is 5.75 Å². The van der Waals surface area contributed by atoms with E-state index in [9.17, 15) is 8.42 Å². The molecule has 0 aliphatic carbocycles. The summed E-state index contributed by atoms with van der Waals surface area (Å²) in [6, 6.07) is 21.5. The molecular formula is C22H21NO3S. The van der Waals surface area contributed by atoms with Crippen LogP contribution in [0.1, 0.15) is 16.7 Å². The maximum Gasteiger partial charge on any atom is 0.261 e. The summed E-state index contributed by atoms with van der Waals surface area (Å²) in [5.41, 5.74) is 3.72. The van der Waals surface area contributed by atoms with Gasteiger partial charge in [-0.1, -0.05) is 54.6 Å². The minimum Gasteiger partial charge on any atom is -0.497 e. The van der Waals surface area contributed by atoms with Crippen LogP contribution >= 0.6 is 0 Å². The van der Waals surface area contributed by atoms with Crippen molar-refractivity contribution in [2.24, 2.45) is 0 Å². The highest BCUT2D eigenvalue weighted by atomic mass is 32.2. The molecule has 0 aliphatic heterocycles. The van der Waals surface area contributed by atoms with Gasteiger partial charge in [-0.15, -0.1) is 0 Å². The van der Waals surface area contributed by atoms with Crippen LogP contribution < -0.4 is 9.46 Å². The van der Waals surface area contributed by atoms with Gasteiger partial charge in [0.2, 0.25) is 0 Å². The summed E-state index contributed by atoms with van der Waals surface area (Å²) in [6.07, 6.45) is 0. The van der Waals surface area contributed by atoms with E-state index in [0.29, 0.717) is 22.6 Å². The van der Waals surface area contributed by atoms with Crippen LogP contribution in [0, 0.1) is 6.92 Å². The van der Waals surface area contributed by atoms with Gasteiger partial charge in [0, 0.05) is 5.56 Å². The smallest absolute Gasteiger partial charge is 0.261 e. The molecule has 0 fully saturated rings. The first kappa shape index (κ1) is 18.7. The minimum absolute atomic E-state index is 0.209. The van der Waals surface area contributed by atoms with E-state index >= 15 is 0 Å². The van der Waals surface area contributed by atoms with Crippen LogP contribution in [0.4, 0.5) is 5.69 Å². The number of aryl methyl sites for hydroxylation is 1. The summed E-state index contributed by atoms with van der Waals surface area (Å²) >= 11 is 0. The number of methoxy groups -OCH3 is 1. The molecule has 0 saturated heterocycles. The number of ether oxygens (including phenoxy) is 1. The minimum atomic E-state index is -3.72. The Bertz CT molecular complexity index is 1060. The molecule has 3 rings (SSSR count). The van der Waals surface area contributed by atoms with Crippen molar-refractivity contribution in [1.82, 2.24) is 0 Å². The molecule has 4 nitrogen and oxygen atoms in total. The Labute approximate surface area is 160 Å². The molecule has 1 N–H and O–H groups in total. The zero-order valence-electron chi connectivity index (χ0n) is 15.3. The van der Waals surface area contributed by atoms with Gasteiger partial charge in [0.25, 0.3) is 10.0 Å². The van der Waals surface area contributed by atoms with Crippen LogP contribution in [0.15, 0.2) is 84.3 Å². The van der Waals surface area contributed by atoms with E-state index < -0.39 is 10.0 Å². The lowest BCUT2D eigenvalue weighted by molar-refractivity contribution is 0.415. The third kappa shape index (κ3) is 4.20. The van der Waals surface area contributed by atoms with Gasteiger partial charge < -0.3 is 4.74 Å². The molecule has 0 heterocycles. The van der Waals surface area contributed by atoms with Gasteiger partial charge in [-0.25, -0.2) is 8.42 Å². The Hall–Kier alpha value is -3.05. The highest BCUT2D eigenvalue weighted by molar-refractivity contribution is 7.92. The highest BCUT2D eigenvalue weighted by Crippen LogP contribution is 2.32. The Kier molecular flexibility index (Phi) is 5.33. The average Bonchev–Trinajstić information content (AvgIpc) is 2.68. The molecule has 0 unspecified atom stereocenters. The molecule has 0 saturated carbocycles. The second-order valence-electron chi connectivity index (χ2n) is 6.17. The molecule has 3 aromatic rings. The van der Waals surface area contributed by atoms with E-state index in [-0.39, 0.29) is 4.90 Å². The van der Waals surface area contributed by atoms with E-state index in [1.54, 1.807) is 49.6 Å². The Morgan fingerprint density at radius 3 is 2.26 bits per heavy atom. The van der Waals surface area contributed by atoms with Gasteiger partial charge in [0.05, 0.1) is 17.7 Å². The van der Waals surface area contributed by atoms with Crippen LogP contribution in [0.25, 0.3) is 5.57 Å². The molecule has 0 radical (unpaired) electrons. The molecule has 0 bridgehead atoms. The van der Waals surface area contributed by atoms with Gasteiger partial charge in [0.1, 0.15) is 5.75 Å². The van der Waals surface area contributed by atoms with Crippen LogP contribution in [-0.2, 0) is 10.0 Å². The predicted octanol–water partition coefficient (Wildman–Crippen LogP) is 4.87. The fourth-order valence-electron chi connectivity index (χ4n) is 2.70. The Balaban J connectivity index is 2.02. The zero-order valence-corrected chi connectivity index (χ0v) is 16.1. The maximum atomic E-state index is 12.8. The normalized spacial score (nSPS) is 11.0. The standard InChI is InChI=1S/C22H21NO3S/c1-16-9-12-20(13-10-16)27(24,25)23-22-14-11-19(26-3)15-21(22)17(2)18-7-5-4-6-8-18/h4-15,23H,2H2,1,3H3. The predicted molar refractivity (Wildman–Crippen MR) is 110 cm³/mol. The molecule has 27 heavy (non-hydrogen) atoms. The lowest BCUT2D eigenvalue weighted by Gasteiger charge is -2.16. The van der Waals surface area contributed by atoms with E-state index in [4.69, 9.17) is 4.74 Å². The van der Waals surface area contributed by atoms with E-state index in [2.05, 4.69) is 11.3 Å². The number of sulfonamides is 1. The third-order valence-corrected chi connectivity index (χ3v) is 5.63.